The zero-order valence-corrected chi connectivity index (χ0v) is 34.9. The third-order valence-electron chi connectivity index (χ3n) is 8.90. The lowest BCUT2D eigenvalue weighted by molar-refractivity contribution is -0.139. The van der Waals surface area contributed by atoms with Crippen LogP contribution in [0.2, 0.25) is 0 Å². The summed E-state index contributed by atoms with van der Waals surface area (Å²) in [5.41, 5.74) is 6.99. The molecule has 3 aromatic rings. The molecule has 0 aromatic heterocycles. The number of nitrogens with zero attached hydrogens (tertiary/aromatic N) is 1. The van der Waals surface area contributed by atoms with Crippen LogP contribution >= 0.6 is 0 Å². The van der Waals surface area contributed by atoms with E-state index in [0.29, 0.717) is 124 Å². The number of aromatic hydroxyl groups is 1. The Bertz CT molecular complexity index is 1670. The maximum atomic E-state index is 13.1. The van der Waals surface area contributed by atoms with E-state index < -0.39 is 17.7 Å². The van der Waals surface area contributed by atoms with Crippen LogP contribution in [0.4, 0.5) is 11.4 Å². The number of nitrogens with one attached hydrogen (secondary N) is 4. The van der Waals surface area contributed by atoms with Crippen LogP contribution in [-0.2, 0) is 54.0 Å². The first-order valence-electron chi connectivity index (χ1n) is 20.4. The molecule has 0 aliphatic carbocycles. The van der Waals surface area contributed by atoms with Gasteiger partial charge in [-0.1, -0.05) is 30.3 Å². The van der Waals surface area contributed by atoms with Gasteiger partial charge in [-0.15, -0.1) is 0 Å². The smallest absolute Gasteiger partial charge is 0.327 e. The number of ether oxygens (including phenoxy) is 9. The highest BCUT2D eigenvalue weighted by atomic mass is 16.6. The first-order chi connectivity index (χ1) is 29.9. The molecule has 1 aliphatic rings. The molecule has 3 aromatic carbocycles. The Morgan fingerprint density at radius 2 is 1.18 bits per heavy atom. The Kier molecular flexibility index (Phi) is 24.1. The van der Waals surface area contributed by atoms with Crippen LogP contribution < -0.4 is 26.2 Å². The lowest BCUT2D eigenvalue weighted by Gasteiger charge is -2.17. The molecule has 1 unspecified atom stereocenters. The van der Waals surface area contributed by atoms with Crippen LogP contribution in [-0.4, -0.2) is 160 Å². The van der Waals surface area contributed by atoms with E-state index in [1.54, 1.807) is 31.4 Å². The number of amides is 3. The second kappa shape index (κ2) is 30.2. The summed E-state index contributed by atoms with van der Waals surface area (Å²) in [4.78, 5) is 40.5. The van der Waals surface area contributed by atoms with E-state index in [4.69, 9.17) is 42.6 Å². The van der Waals surface area contributed by atoms with Crippen molar-refractivity contribution in [2.24, 2.45) is 0 Å². The molecule has 0 spiro atoms. The first kappa shape index (κ1) is 48.8. The van der Waals surface area contributed by atoms with Gasteiger partial charge in [0.15, 0.2) is 0 Å². The predicted molar refractivity (Wildman–Crippen MR) is 226 cm³/mol. The average Bonchev–Trinajstić information content (AvgIpc) is 3.71. The summed E-state index contributed by atoms with van der Waals surface area (Å²) in [6.07, 6.45) is 0.728. The van der Waals surface area contributed by atoms with Gasteiger partial charge in [-0.05, 0) is 48.4 Å². The Morgan fingerprint density at radius 3 is 1.74 bits per heavy atom. The van der Waals surface area contributed by atoms with Gasteiger partial charge < -0.3 is 58.4 Å². The Morgan fingerprint density at radius 1 is 0.639 bits per heavy atom. The lowest BCUT2D eigenvalue weighted by Crippen LogP contribution is -2.47. The first-order valence-corrected chi connectivity index (χ1v) is 20.4. The molecule has 1 saturated heterocycles. The van der Waals surface area contributed by atoms with E-state index in [1.165, 1.54) is 23.8 Å². The standard InChI is InChI=1S/C43H61N5O13/c1-53-15-16-54-17-18-55-19-20-56-21-22-57-23-24-58-25-26-59-27-28-60-29-30-61-38-10-7-35(8-11-38)41(50)45-40-31-37(49)9-12-39(40)46-47-43(52)42(51)44-36-13-14-48(33-36)32-34-5-3-2-4-6-34/h2-12,31,36,46,49H,13-30,32-33H2,1H3,(H,44,51)(H,45,50)(H,47,52). The van der Waals surface area contributed by atoms with Crippen molar-refractivity contribution in [1.29, 1.82) is 0 Å². The highest BCUT2D eigenvalue weighted by molar-refractivity contribution is 6.35. The Hall–Kier alpha value is -4.89. The number of phenols is 1. The molecule has 0 radical (unpaired) electrons. The van der Waals surface area contributed by atoms with Crippen LogP contribution in [0.5, 0.6) is 11.5 Å². The molecule has 3 amide bonds. The van der Waals surface area contributed by atoms with Crippen molar-refractivity contribution in [2.45, 2.75) is 19.0 Å². The predicted octanol–water partition coefficient (Wildman–Crippen LogP) is 2.62. The van der Waals surface area contributed by atoms with E-state index in [2.05, 4.69) is 38.5 Å². The summed E-state index contributed by atoms with van der Waals surface area (Å²) in [5.74, 6) is -1.70. The van der Waals surface area contributed by atoms with Gasteiger partial charge in [-0.25, -0.2) is 0 Å². The molecule has 0 bridgehead atoms. The average molecular weight is 856 g/mol. The van der Waals surface area contributed by atoms with Gasteiger partial charge in [0.1, 0.15) is 18.1 Å². The molecule has 1 heterocycles. The van der Waals surface area contributed by atoms with Gasteiger partial charge in [0.05, 0.1) is 110 Å². The molecule has 1 fully saturated rings. The van der Waals surface area contributed by atoms with Crippen LogP contribution in [0.25, 0.3) is 0 Å². The van der Waals surface area contributed by atoms with Crippen LogP contribution in [0, 0.1) is 0 Å². The van der Waals surface area contributed by atoms with Crippen molar-refractivity contribution in [3.05, 3.63) is 83.9 Å². The lowest BCUT2D eigenvalue weighted by atomic mass is 10.2. The van der Waals surface area contributed by atoms with Crippen molar-refractivity contribution in [2.75, 3.05) is 137 Å². The SMILES string of the molecule is COCCOCCOCCOCCOCCOCCOCCOCCOc1ccc(C(=O)Nc2cc(O)ccc2NNC(=O)C(=O)NC2CCN(Cc3ccccc3)C2)cc1. The van der Waals surface area contributed by atoms with E-state index in [0.717, 1.165) is 19.5 Å². The molecular formula is C43H61N5O13. The molecule has 1 aliphatic heterocycles. The van der Waals surface area contributed by atoms with E-state index in [1.807, 2.05) is 18.2 Å². The van der Waals surface area contributed by atoms with Crippen molar-refractivity contribution in [3.8, 4) is 11.5 Å². The highest BCUT2D eigenvalue weighted by Crippen LogP contribution is 2.27. The summed E-state index contributed by atoms with van der Waals surface area (Å²) >= 11 is 0. The molecule has 18 heteroatoms. The number of hydrogen-bond acceptors (Lipinski definition) is 15. The van der Waals surface area contributed by atoms with Gasteiger partial charge in [-0.2, -0.15) is 0 Å². The quantitative estimate of drug-likeness (QED) is 0.0265. The number of phenolic OH excluding ortho intramolecular Hbond substituents is 1. The normalized spacial score (nSPS) is 13.8. The number of benzene rings is 3. The maximum Gasteiger partial charge on any atom is 0.327 e. The Labute approximate surface area is 357 Å². The largest absolute Gasteiger partial charge is 0.508 e. The summed E-state index contributed by atoms with van der Waals surface area (Å²) in [6, 6.07) is 20.6. The zero-order valence-electron chi connectivity index (χ0n) is 34.9. The number of hydrogen-bond donors (Lipinski definition) is 5. The van der Waals surface area contributed by atoms with Crippen molar-refractivity contribution in [3.63, 3.8) is 0 Å². The number of likely N-dealkylation sites (tertiary alicyclic amines) is 1. The summed E-state index contributed by atoms with van der Waals surface area (Å²) in [5, 5.41) is 15.6. The molecule has 1 atom stereocenters. The summed E-state index contributed by atoms with van der Waals surface area (Å²) < 4.78 is 48.8. The number of hydrazine groups is 1. The minimum atomic E-state index is -0.894. The maximum absolute atomic E-state index is 13.1. The monoisotopic (exact) mass is 855 g/mol. The van der Waals surface area contributed by atoms with Gasteiger partial charge in [0.2, 0.25) is 0 Å². The zero-order chi connectivity index (χ0) is 43.2. The van der Waals surface area contributed by atoms with Gasteiger partial charge >= 0.3 is 11.8 Å². The van der Waals surface area contributed by atoms with Gasteiger partial charge in [0, 0.05) is 44.4 Å². The molecule has 336 valence electrons. The van der Waals surface area contributed by atoms with Crippen molar-refractivity contribution < 1.29 is 62.1 Å². The third-order valence-corrected chi connectivity index (χ3v) is 8.90. The van der Waals surface area contributed by atoms with E-state index in [9.17, 15) is 19.5 Å². The summed E-state index contributed by atoms with van der Waals surface area (Å²) in [6.45, 7) is 9.66. The minimum absolute atomic E-state index is 0.108. The number of rotatable bonds is 32. The topological polar surface area (TPSA) is 206 Å². The van der Waals surface area contributed by atoms with Crippen molar-refractivity contribution >= 4 is 29.1 Å². The van der Waals surface area contributed by atoms with Crippen LogP contribution in [0.3, 0.4) is 0 Å². The minimum Gasteiger partial charge on any atom is -0.508 e. The van der Waals surface area contributed by atoms with Gasteiger partial charge in [-0.3, -0.25) is 30.1 Å². The second-order valence-electron chi connectivity index (χ2n) is 13.6. The van der Waals surface area contributed by atoms with E-state index >= 15 is 0 Å². The summed E-state index contributed by atoms with van der Waals surface area (Å²) in [7, 11) is 1.63. The number of carbonyl (C=O) groups excluding carboxylic acids is 3. The molecule has 5 N–H and O–H groups in total. The number of carbonyl (C=O) groups is 3. The third kappa shape index (κ3) is 21.0. The second-order valence-corrected chi connectivity index (χ2v) is 13.6. The Balaban J connectivity index is 0.986. The van der Waals surface area contributed by atoms with E-state index in [-0.39, 0.29) is 23.2 Å². The van der Waals surface area contributed by atoms with Gasteiger partial charge in [0.25, 0.3) is 5.91 Å². The van der Waals surface area contributed by atoms with Crippen LogP contribution in [0.15, 0.2) is 72.8 Å². The molecule has 0 saturated carbocycles. The molecule has 4 rings (SSSR count). The van der Waals surface area contributed by atoms with Crippen LogP contribution in [0.1, 0.15) is 22.3 Å². The molecule has 61 heavy (non-hydrogen) atoms. The molecule has 18 nitrogen and oxygen atoms in total. The molecular weight excluding hydrogens is 794 g/mol. The highest BCUT2D eigenvalue weighted by Gasteiger charge is 2.26. The number of methoxy groups -OCH3 is 1. The fraction of sp³-hybridized carbons (Fsp3) is 0.512. The fourth-order valence-corrected chi connectivity index (χ4v) is 5.79. The number of anilines is 2. The van der Waals surface area contributed by atoms with Crippen molar-refractivity contribution in [1.82, 2.24) is 15.6 Å². The fourth-order valence-electron chi connectivity index (χ4n) is 5.79.